The molecule has 0 spiro atoms. The monoisotopic (exact) mass is 309 g/mol. The first-order chi connectivity index (χ1) is 9.60. The molecule has 2 aromatic carbocycles. The Labute approximate surface area is 129 Å². The highest BCUT2D eigenvalue weighted by Crippen LogP contribution is 2.33. The minimum Gasteiger partial charge on any atom is -0.454 e. The fourth-order valence-electron chi connectivity index (χ4n) is 1.85. The van der Waals surface area contributed by atoms with E-state index in [-0.39, 0.29) is 6.04 Å². The van der Waals surface area contributed by atoms with Gasteiger partial charge in [0, 0.05) is 6.04 Å². The summed E-state index contributed by atoms with van der Waals surface area (Å²) in [6, 6.07) is 13.2. The van der Waals surface area contributed by atoms with Gasteiger partial charge >= 0.3 is 0 Å². The third-order valence-corrected chi connectivity index (χ3v) is 3.68. The van der Waals surface area contributed by atoms with E-state index in [1.54, 1.807) is 12.1 Å². The number of para-hydroxylation sites is 1. The molecular formula is C16H17Cl2NO. The van der Waals surface area contributed by atoms with Crippen LogP contribution in [0.4, 0.5) is 0 Å². The van der Waals surface area contributed by atoms with Crippen LogP contribution in [0.1, 0.15) is 18.9 Å². The van der Waals surface area contributed by atoms with Crippen LogP contribution in [0.5, 0.6) is 11.5 Å². The number of ether oxygens (including phenoxy) is 1. The molecule has 0 saturated carbocycles. The van der Waals surface area contributed by atoms with Crippen LogP contribution in [-0.2, 0) is 6.42 Å². The predicted octanol–water partition coefficient (Wildman–Crippen LogP) is 5.07. The summed E-state index contributed by atoms with van der Waals surface area (Å²) in [7, 11) is 0. The van der Waals surface area contributed by atoms with Gasteiger partial charge in [0.15, 0.2) is 0 Å². The maximum Gasteiger partial charge on any atom is 0.146 e. The van der Waals surface area contributed by atoms with Crippen molar-refractivity contribution < 1.29 is 4.74 Å². The van der Waals surface area contributed by atoms with Crippen molar-refractivity contribution in [3.05, 3.63) is 58.1 Å². The highest BCUT2D eigenvalue weighted by Gasteiger charge is 2.08. The molecule has 4 heteroatoms. The number of hydrogen-bond donors (Lipinski definition) is 1. The Bertz CT molecular complexity index is 586. The van der Waals surface area contributed by atoms with E-state index >= 15 is 0 Å². The molecule has 1 atom stereocenters. The van der Waals surface area contributed by atoms with E-state index in [1.807, 2.05) is 30.3 Å². The first-order valence-corrected chi connectivity index (χ1v) is 7.32. The van der Waals surface area contributed by atoms with Crippen LogP contribution < -0.4 is 10.5 Å². The number of rotatable bonds is 5. The highest BCUT2D eigenvalue weighted by molar-refractivity contribution is 6.32. The minimum absolute atomic E-state index is 0.154. The van der Waals surface area contributed by atoms with Crippen molar-refractivity contribution in [3.63, 3.8) is 0 Å². The van der Waals surface area contributed by atoms with Gasteiger partial charge in [-0.2, -0.15) is 0 Å². The molecule has 0 aliphatic rings. The van der Waals surface area contributed by atoms with Gasteiger partial charge in [0.25, 0.3) is 0 Å². The predicted molar refractivity (Wildman–Crippen MR) is 84.9 cm³/mol. The molecule has 0 bridgehead atoms. The molecular weight excluding hydrogens is 293 g/mol. The number of hydrogen-bond acceptors (Lipinski definition) is 2. The molecule has 1 unspecified atom stereocenters. The van der Waals surface area contributed by atoms with Gasteiger partial charge in [0.05, 0.1) is 10.0 Å². The zero-order valence-electron chi connectivity index (χ0n) is 11.3. The molecule has 0 aliphatic carbocycles. The van der Waals surface area contributed by atoms with Gasteiger partial charge in [-0.25, -0.2) is 0 Å². The van der Waals surface area contributed by atoms with Crippen LogP contribution in [0.2, 0.25) is 10.0 Å². The topological polar surface area (TPSA) is 35.2 Å². The average molecular weight is 310 g/mol. The molecule has 106 valence electrons. The molecule has 0 heterocycles. The second-order valence-electron chi connectivity index (χ2n) is 4.67. The maximum atomic E-state index is 6.25. The second kappa shape index (κ2) is 6.98. The molecule has 0 saturated heterocycles. The smallest absolute Gasteiger partial charge is 0.146 e. The summed E-state index contributed by atoms with van der Waals surface area (Å²) in [5.41, 5.74) is 7.05. The van der Waals surface area contributed by atoms with Crippen molar-refractivity contribution in [1.82, 2.24) is 0 Å². The summed E-state index contributed by atoms with van der Waals surface area (Å²) in [5, 5.41) is 1.12. The summed E-state index contributed by atoms with van der Waals surface area (Å²) in [6.45, 7) is 2.07. The largest absolute Gasteiger partial charge is 0.454 e. The van der Waals surface area contributed by atoms with E-state index in [1.165, 1.54) is 0 Å². The van der Waals surface area contributed by atoms with Crippen molar-refractivity contribution in [2.24, 2.45) is 5.73 Å². The third kappa shape index (κ3) is 3.89. The molecule has 0 fully saturated rings. The Morgan fingerprint density at radius 2 is 1.75 bits per heavy atom. The molecule has 20 heavy (non-hydrogen) atoms. The van der Waals surface area contributed by atoms with Gasteiger partial charge in [-0.15, -0.1) is 0 Å². The molecule has 2 N–H and O–H groups in total. The van der Waals surface area contributed by atoms with E-state index in [4.69, 9.17) is 33.7 Å². The zero-order chi connectivity index (χ0) is 14.5. The quantitative estimate of drug-likeness (QED) is 0.837. The molecule has 0 radical (unpaired) electrons. The Kier molecular flexibility index (Phi) is 5.30. The van der Waals surface area contributed by atoms with Crippen LogP contribution in [0.25, 0.3) is 0 Å². The van der Waals surface area contributed by atoms with E-state index in [0.717, 1.165) is 18.4 Å². The SMILES string of the molecule is CCC(N)Cc1ccc(Oc2ccccc2Cl)c(Cl)c1. The summed E-state index contributed by atoms with van der Waals surface area (Å²) < 4.78 is 5.73. The van der Waals surface area contributed by atoms with Crippen LogP contribution in [0, 0.1) is 0 Å². The normalized spacial score (nSPS) is 12.2. The van der Waals surface area contributed by atoms with Gasteiger partial charge in [0.2, 0.25) is 0 Å². The zero-order valence-corrected chi connectivity index (χ0v) is 12.8. The summed E-state index contributed by atoms with van der Waals surface area (Å²) in [6.07, 6.45) is 1.75. The molecule has 2 nitrogen and oxygen atoms in total. The lowest BCUT2D eigenvalue weighted by atomic mass is 10.0. The van der Waals surface area contributed by atoms with E-state index in [2.05, 4.69) is 6.92 Å². The van der Waals surface area contributed by atoms with Crippen molar-refractivity contribution in [1.29, 1.82) is 0 Å². The van der Waals surface area contributed by atoms with Crippen LogP contribution >= 0.6 is 23.2 Å². The number of benzene rings is 2. The van der Waals surface area contributed by atoms with Crippen molar-refractivity contribution in [2.45, 2.75) is 25.8 Å². The van der Waals surface area contributed by atoms with Crippen LogP contribution in [-0.4, -0.2) is 6.04 Å². The summed E-state index contributed by atoms with van der Waals surface area (Å²) >= 11 is 12.3. The van der Waals surface area contributed by atoms with Crippen LogP contribution in [0.15, 0.2) is 42.5 Å². The van der Waals surface area contributed by atoms with Crippen molar-refractivity contribution in [2.75, 3.05) is 0 Å². The Morgan fingerprint density at radius 1 is 1.05 bits per heavy atom. The average Bonchev–Trinajstić information content (AvgIpc) is 2.44. The third-order valence-electron chi connectivity index (χ3n) is 3.08. The van der Waals surface area contributed by atoms with Gasteiger partial charge in [-0.1, -0.05) is 48.3 Å². The molecule has 2 rings (SSSR count). The number of nitrogens with two attached hydrogens (primary N) is 1. The molecule has 0 amide bonds. The van der Waals surface area contributed by atoms with Crippen molar-refractivity contribution >= 4 is 23.2 Å². The maximum absolute atomic E-state index is 6.25. The van der Waals surface area contributed by atoms with E-state index < -0.39 is 0 Å². The summed E-state index contributed by atoms with van der Waals surface area (Å²) in [5.74, 6) is 1.18. The standard InChI is InChI=1S/C16H17Cl2NO/c1-2-12(19)9-11-7-8-16(14(18)10-11)20-15-6-4-3-5-13(15)17/h3-8,10,12H,2,9,19H2,1H3. The van der Waals surface area contributed by atoms with E-state index in [0.29, 0.717) is 21.5 Å². The lowest BCUT2D eigenvalue weighted by Crippen LogP contribution is -2.21. The number of halogens is 2. The highest BCUT2D eigenvalue weighted by atomic mass is 35.5. The Hall–Kier alpha value is -1.22. The lowest BCUT2D eigenvalue weighted by molar-refractivity contribution is 0.483. The minimum atomic E-state index is 0.154. The van der Waals surface area contributed by atoms with Gasteiger partial charge < -0.3 is 10.5 Å². The van der Waals surface area contributed by atoms with Gasteiger partial charge in [-0.05, 0) is 42.7 Å². The van der Waals surface area contributed by atoms with Crippen LogP contribution in [0.3, 0.4) is 0 Å². The molecule has 0 aromatic heterocycles. The molecule has 0 aliphatic heterocycles. The first-order valence-electron chi connectivity index (χ1n) is 6.56. The first kappa shape index (κ1) is 15.2. The van der Waals surface area contributed by atoms with Crippen molar-refractivity contribution in [3.8, 4) is 11.5 Å². The Morgan fingerprint density at radius 3 is 2.40 bits per heavy atom. The molecule has 2 aromatic rings. The second-order valence-corrected chi connectivity index (χ2v) is 5.48. The van der Waals surface area contributed by atoms with Gasteiger partial charge in [-0.3, -0.25) is 0 Å². The fourth-order valence-corrected chi connectivity index (χ4v) is 2.26. The lowest BCUT2D eigenvalue weighted by Gasteiger charge is -2.12. The van der Waals surface area contributed by atoms with E-state index in [9.17, 15) is 0 Å². The Balaban J connectivity index is 2.16. The summed E-state index contributed by atoms with van der Waals surface area (Å²) in [4.78, 5) is 0. The fraction of sp³-hybridized carbons (Fsp3) is 0.250. The van der Waals surface area contributed by atoms with Gasteiger partial charge in [0.1, 0.15) is 11.5 Å².